The normalized spacial score (nSPS) is 23.1. The number of nitro benzene ring substituents is 1. The van der Waals surface area contributed by atoms with E-state index in [1.807, 2.05) is 19.2 Å². The molecule has 1 aliphatic rings. The van der Waals surface area contributed by atoms with Crippen LogP contribution in [0.3, 0.4) is 0 Å². The molecule has 1 heterocycles. The number of nitro groups is 1. The third kappa shape index (κ3) is 3.80. The Balaban J connectivity index is 2.32. The maximum absolute atomic E-state index is 11.0. The monoisotopic (exact) mass is 291 g/mol. The van der Waals surface area contributed by atoms with Crippen LogP contribution in [0.15, 0.2) is 24.3 Å². The molecule has 0 spiro atoms. The molecule has 0 aliphatic carbocycles. The van der Waals surface area contributed by atoms with Crippen molar-refractivity contribution in [2.45, 2.75) is 32.2 Å². The topological polar surface area (TPSA) is 58.4 Å². The zero-order valence-electron chi connectivity index (χ0n) is 12.9. The highest BCUT2D eigenvalue weighted by Gasteiger charge is 2.32. The first-order valence-electron chi connectivity index (χ1n) is 7.80. The standard InChI is InChI=1S/C16H25N3O2/c1-3-9-18-10-5-7-14(12-17-2)16(18)13-6-4-8-15(11-13)19(20)21/h4,6,8,11,14,16-17H,3,5,7,9-10,12H2,1-2H3. The largest absolute Gasteiger partial charge is 0.319 e. The highest BCUT2D eigenvalue weighted by molar-refractivity contribution is 5.36. The number of benzene rings is 1. The summed E-state index contributed by atoms with van der Waals surface area (Å²) in [7, 11) is 1.98. The molecular weight excluding hydrogens is 266 g/mol. The molecule has 2 atom stereocenters. The van der Waals surface area contributed by atoms with Gasteiger partial charge in [0.15, 0.2) is 0 Å². The lowest BCUT2D eigenvalue weighted by Crippen LogP contribution is -2.42. The first kappa shape index (κ1) is 15.9. The summed E-state index contributed by atoms with van der Waals surface area (Å²) in [6, 6.07) is 7.45. The maximum Gasteiger partial charge on any atom is 0.269 e. The van der Waals surface area contributed by atoms with E-state index >= 15 is 0 Å². The zero-order valence-corrected chi connectivity index (χ0v) is 12.9. The molecule has 1 aromatic rings. The Bertz CT molecular complexity index is 460. The van der Waals surface area contributed by atoms with Gasteiger partial charge in [0.1, 0.15) is 0 Å². The van der Waals surface area contributed by atoms with Crippen LogP contribution in [0, 0.1) is 16.0 Å². The fourth-order valence-corrected chi connectivity index (χ4v) is 3.47. The Hall–Kier alpha value is -1.46. The van der Waals surface area contributed by atoms with Crippen molar-refractivity contribution in [1.29, 1.82) is 0 Å². The quantitative estimate of drug-likeness (QED) is 0.646. The zero-order chi connectivity index (χ0) is 15.2. The molecule has 1 fully saturated rings. The summed E-state index contributed by atoms with van der Waals surface area (Å²) in [5, 5.41) is 14.3. The van der Waals surface area contributed by atoms with E-state index in [0.717, 1.165) is 31.6 Å². The van der Waals surface area contributed by atoms with E-state index in [1.54, 1.807) is 12.1 Å². The summed E-state index contributed by atoms with van der Waals surface area (Å²) in [5.74, 6) is 0.511. The van der Waals surface area contributed by atoms with Crippen molar-refractivity contribution in [2.24, 2.45) is 5.92 Å². The minimum atomic E-state index is -0.302. The van der Waals surface area contributed by atoms with Gasteiger partial charge in [0.2, 0.25) is 0 Å². The van der Waals surface area contributed by atoms with E-state index in [0.29, 0.717) is 5.92 Å². The molecule has 0 saturated carbocycles. The molecule has 1 aromatic carbocycles. The van der Waals surface area contributed by atoms with Gasteiger partial charge in [-0.1, -0.05) is 19.1 Å². The Morgan fingerprint density at radius 3 is 2.95 bits per heavy atom. The number of hydrogen-bond acceptors (Lipinski definition) is 4. The van der Waals surface area contributed by atoms with Crippen molar-refractivity contribution in [1.82, 2.24) is 10.2 Å². The number of rotatable bonds is 6. The van der Waals surface area contributed by atoms with Crippen LogP contribution in [0.4, 0.5) is 5.69 Å². The molecular formula is C16H25N3O2. The maximum atomic E-state index is 11.0. The van der Waals surface area contributed by atoms with E-state index < -0.39 is 0 Å². The highest BCUT2D eigenvalue weighted by Crippen LogP contribution is 2.36. The molecule has 2 rings (SSSR count). The molecule has 1 N–H and O–H groups in total. The fourth-order valence-electron chi connectivity index (χ4n) is 3.47. The summed E-state index contributed by atoms with van der Waals surface area (Å²) in [6.07, 6.45) is 3.49. The van der Waals surface area contributed by atoms with Gasteiger partial charge >= 0.3 is 0 Å². The second-order valence-electron chi connectivity index (χ2n) is 5.79. The van der Waals surface area contributed by atoms with Gasteiger partial charge in [-0.05, 0) is 57.4 Å². The number of nitrogens with one attached hydrogen (secondary N) is 1. The SMILES string of the molecule is CCCN1CCCC(CNC)C1c1cccc([N+](=O)[O-])c1. The lowest BCUT2D eigenvalue weighted by molar-refractivity contribution is -0.385. The predicted molar refractivity (Wildman–Crippen MR) is 84.4 cm³/mol. The predicted octanol–water partition coefficient (Wildman–Crippen LogP) is 2.98. The minimum absolute atomic E-state index is 0.192. The van der Waals surface area contributed by atoms with Gasteiger partial charge in [-0.25, -0.2) is 0 Å². The Morgan fingerprint density at radius 2 is 2.29 bits per heavy atom. The summed E-state index contributed by atoms with van der Waals surface area (Å²) < 4.78 is 0. The summed E-state index contributed by atoms with van der Waals surface area (Å²) in [5.41, 5.74) is 1.27. The number of non-ortho nitro benzene ring substituents is 1. The van der Waals surface area contributed by atoms with Gasteiger partial charge in [-0.15, -0.1) is 0 Å². The van der Waals surface area contributed by atoms with E-state index in [1.165, 1.54) is 12.8 Å². The van der Waals surface area contributed by atoms with Crippen molar-refractivity contribution in [3.05, 3.63) is 39.9 Å². The molecule has 0 aromatic heterocycles. The van der Waals surface area contributed by atoms with Crippen molar-refractivity contribution in [3.63, 3.8) is 0 Å². The molecule has 2 unspecified atom stereocenters. The number of likely N-dealkylation sites (tertiary alicyclic amines) is 1. The van der Waals surface area contributed by atoms with Crippen molar-refractivity contribution in [3.8, 4) is 0 Å². The van der Waals surface area contributed by atoms with Gasteiger partial charge in [-0.3, -0.25) is 15.0 Å². The van der Waals surface area contributed by atoms with Crippen molar-refractivity contribution >= 4 is 5.69 Å². The van der Waals surface area contributed by atoms with Crippen LogP contribution in [0.2, 0.25) is 0 Å². The van der Waals surface area contributed by atoms with E-state index in [-0.39, 0.29) is 16.7 Å². The third-order valence-electron chi connectivity index (χ3n) is 4.26. The van der Waals surface area contributed by atoms with Crippen LogP contribution in [-0.4, -0.2) is 36.5 Å². The fraction of sp³-hybridized carbons (Fsp3) is 0.625. The second-order valence-corrected chi connectivity index (χ2v) is 5.79. The summed E-state index contributed by atoms with van der Waals surface area (Å²) in [4.78, 5) is 13.2. The van der Waals surface area contributed by atoms with Gasteiger partial charge in [-0.2, -0.15) is 0 Å². The van der Waals surface area contributed by atoms with Crippen LogP contribution in [0.1, 0.15) is 37.8 Å². The minimum Gasteiger partial charge on any atom is -0.319 e. The van der Waals surface area contributed by atoms with Gasteiger partial charge < -0.3 is 5.32 Å². The summed E-state index contributed by atoms with van der Waals surface area (Å²) in [6.45, 7) is 5.27. The van der Waals surface area contributed by atoms with Crippen LogP contribution < -0.4 is 5.32 Å². The number of nitrogens with zero attached hydrogens (tertiary/aromatic N) is 2. The van der Waals surface area contributed by atoms with Crippen LogP contribution in [0.25, 0.3) is 0 Å². The Kier molecular flexibility index (Phi) is 5.70. The van der Waals surface area contributed by atoms with Crippen molar-refractivity contribution < 1.29 is 4.92 Å². The smallest absolute Gasteiger partial charge is 0.269 e. The molecule has 1 saturated heterocycles. The number of piperidine rings is 1. The van der Waals surface area contributed by atoms with Gasteiger partial charge in [0.25, 0.3) is 5.69 Å². The Labute approximate surface area is 126 Å². The highest BCUT2D eigenvalue weighted by atomic mass is 16.6. The van der Waals surface area contributed by atoms with Crippen LogP contribution in [0.5, 0.6) is 0 Å². The second kappa shape index (κ2) is 7.52. The first-order chi connectivity index (χ1) is 10.2. The molecule has 0 amide bonds. The van der Waals surface area contributed by atoms with E-state index in [4.69, 9.17) is 0 Å². The lowest BCUT2D eigenvalue weighted by Gasteiger charge is -2.41. The average Bonchev–Trinajstić information content (AvgIpc) is 2.48. The average molecular weight is 291 g/mol. The molecule has 5 heteroatoms. The Morgan fingerprint density at radius 1 is 1.48 bits per heavy atom. The molecule has 0 radical (unpaired) electrons. The van der Waals surface area contributed by atoms with Crippen molar-refractivity contribution in [2.75, 3.05) is 26.7 Å². The van der Waals surface area contributed by atoms with Crippen LogP contribution >= 0.6 is 0 Å². The summed E-state index contributed by atoms with van der Waals surface area (Å²) >= 11 is 0. The molecule has 21 heavy (non-hydrogen) atoms. The van der Waals surface area contributed by atoms with Gasteiger partial charge in [0.05, 0.1) is 4.92 Å². The van der Waals surface area contributed by atoms with Crippen LogP contribution in [-0.2, 0) is 0 Å². The van der Waals surface area contributed by atoms with E-state index in [9.17, 15) is 10.1 Å². The third-order valence-corrected chi connectivity index (χ3v) is 4.26. The number of hydrogen-bond donors (Lipinski definition) is 1. The van der Waals surface area contributed by atoms with Gasteiger partial charge in [0, 0.05) is 18.2 Å². The first-order valence-corrected chi connectivity index (χ1v) is 7.80. The molecule has 0 bridgehead atoms. The lowest BCUT2D eigenvalue weighted by atomic mass is 9.84. The molecule has 116 valence electrons. The molecule has 1 aliphatic heterocycles. The molecule has 5 nitrogen and oxygen atoms in total. The van der Waals surface area contributed by atoms with E-state index in [2.05, 4.69) is 17.1 Å².